The summed E-state index contributed by atoms with van der Waals surface area (Å²) in [4.78, 5) is 14.0. The van der Waals surface area contributed by atoms with Crippen molar-refractivity contribution >= 4 is 17.5 Å². The number of hydrogen-bond acceptors (Lipinski definition) is 4. The SMILES string of the molecule is COCCCN(CCOC)C(=O)c1cc(Cl)ccc1O. The van der Waals surface area contributed by atoms with E-state index in [9.17, 15) is 9.90 Å². The quantitative estimate of drug-likeness (QED) is 0.748. The van der Waals surface area contributed by atoms with Crippen LogP contribution in [-0.4, -0.2) is 56.4 Å². The molecule has 0 radical (unpaired) electrons. The van der Waals surface area contributed by atoms with E-state index in [-0.39, 0.29) is 17.2 Å². The summed E-state index contributed by atoms with van der Waals surface area (Å²) >= 11 is 5.87. The third-order valence-electron chi connectivity index (χ3n) is 2.82. The van der Waals surface area contributed by atoms with Crippen molar-refractivity contribution in [3.8, 4) is 5.75 Å². The highest BCUT2D eigenvalue weighted by Gasteiger charge is 2.19. The Bertz CT molecular complexity index is 439. The molecule has 0 saturated heterocycles. The van der Waals surface area contributed by atoms with Crippen LogP contribution < -0.4 is 0 Å². The second-order valence-corrected chi connectivity index (χ2v) is 4.73. The fourth-order valence-corrected chi connectivity index (χ4v) is 1.94. The first-order valence-corrected chi connectivity index (χ1v) is 6.73. The van der Waals surface area contributed by atoms with E-state index in [1.807, 2.05) is 0 Å². The first kappa shape index (κ1) is 16.8. The molecule has 1 amide bonds. The number of ether oxygens (including phenoxy) is 2. The second-order valence-electron chi connectivity index (χ2n) is 4.29. The van der Waals surface area contributed by atoms with Crippen molar-refractivity contribution in [1.29, 1.82) is 0 Å². The van der Waals surface area contributed by atoms with Gasteiger partial charge in [0.15, 0.2) is 0 Å². The largest absolute Gasteiger partial charge is 0.507 e. The van der Waals surface area contributed by atoms with Crippen LogP contribution in [0.25, 0.3) is 0 Å². The average Bonchev–Trinajstić information content (AvgIpc) is 2.44. The second kappa shape index (κ2) is 8.79. The predicted octanol–water partition coefficient (Wildman–Crippen LogP) is 2.17. The summed E-state index contributed by atoms with van der Waals surface area (Å²) in [5.41, 5.74) is 0.200. The van der Waals surface area contributed by atoms with E-state index in [0.717, 1.165) is 0 Å². The minimum Gasteiger partial charge on any atom is -0.507 e. The van der Waals surface area contributed by atoms with Crippen LogP contribution in [0.2, 0.25) is 5.02 Å². The molecule has 0 atom stereocenters. The molecule has 0 bridgehead atoms. The molecule has 1 N–H and O–H groups in total. The van der Waals surface area contributed by atoms with E-state index in [1.54, 1.807) is 19.1 Å². The molecular formula is C14H20ClNO4. The first-order chi connectivity index (χ1) is 9.60. The Morgan fingerprint density at radius 3 is 2.60 bits per heavy atom. The molecule has 1 rings (SSSR count). The van der Waals surface area contributed by atoms with Crippen LogP contribution in [-0.2, 0) is 9.47 Å². The maximum absolute atomic E-state index is 12.4. The molecule has 20 heavy (non-hydrogen) atoms. The summed E-state index contributed by atoms with van der Waals surface area (Å²) < 4.78 is 9.99. The Kier molecular flexibility index (Phi) is 7.36. The summed E-state index contributed by atoms with van der Waals surface area (Å²) in [5, 5.41) is 10.2. The molecule has 0 aliphatic carbocycles. The van der Waals surface area contributed by atoms with E-state index < -0.39 is 0 Å². The van der Waals surface area contributed by atoms with E-state index >= 15 is 0 Å². The van der Waals surface area contributed by atoms with Gasteiger partial charge < -0.3 is 19.5 Å². The number of nitrogens with zero attached hydrogens (tertiary/aromatic N) is 1. The summed E-state index contributed by atoms with van der Waals surface area (Å²) in [5.74, 6) is -0.341. The highest BCUT2D eigenvalue weighted by atomic mass is 35.5. The Morgan fingerprint density at radius 1 is 1.25 bits per heavy atom. The van der Waals surface area contributed by atoms with Crippen LogP contribution in [0.15, 0.2) is 18.2 Å². The number of hydrogen-bond donors (Lipinski definition) is 1. The molecule has 0 saturated carbocycles. The number of aromatic hydroxyl groups is 1. The standard InChI is InChI=1S/C14H20ClNO4/c1-19-8-3-6-16(7-9-20-2)14(18)12-10-11(15)4-5-13(12)17/h4-5,10,17H,3,6-9H2,1-2H3. The maximum Gasteiger partial charge on any atom is 0.257 e. The molecule has 1 aromatic carbocycles. The van der Waals surface area contributed by atoms with Gasteiger partial charge in [0.25, 0.3) is 5.91 Å². The van der Waals surface area contributed by atoms with Crippen molar-refractivity contribution in [3.63, 3.8) is 0 Å². The monoisotopic (exact) mass is 301 g/mol. The third kappa shape index (κ3) is 5.00. The molecule has 0 aromatic heterocycles. The van der Waals surface area contributed by atoms with Crippen LogP contribution in [0, 0.1) is 0 Å². The highest BCUT2D eigenvalue weighted by Crippen LogP contribution is 2.23. The summed E-state index contributed by atoms with van der Waals surface area (Å²) in [6, 6.07) is 4.42. The molecular weight excluding hydrogens is 282 g/mol. The molecule has 5 nitrogen and oxygen atoms in total. The van der Waals surface area contributed by atoms with E-state index in [0.29, 0.717) is 37.7 Å². The van der Waals surface area contributed by atoms with Gasteiger partial charge in [0.1, 0.15) is 5.75 Å². The van der Waals surface area contributed by atoms with E-state index in [2.05, 4.69) is 0 Å². The molecule has 0 aliphatic heterocycles. The van der Waals surface area contributed by atoms with Gasteiger partial charge in [-0.2, -0.15) is 0 Å². The van der Waals surface area contributed by atoms with Crippen molar-refractivity contribution < 1.29 is 19.4 Å². The number of rotatable bonds is 8. The molecule has 0 spiro atoms. The molecule has 6 heteroatoms. The normalized spacial score (nSPS) is 10.6. The third-order valence-corrected chi connectivity index (χ3v) is 3.05. The summed E-state index contributed by atoms with van der Waals surface area (Å²) in [6.07, 6.45) is 0.716. The van der Waals surface area contributed by atoms with Crippen molar-refractivity contribution in [2.24, 2.45) is 0 Å². The van der Waals surface area contributed by atoms with Gasteiger partial charge in [0, 0.05) is 38.9 Å². The van der Waals surface area contributed by atoms with Crippen LogP contribution >= 0.6 is 11.6 Å². The van der Waals surface area contributed by atoms with Crippen LogP contribution in [0.5, 0.6) is 5.75 Å². The van der Waals surface area contributed by atoms with Crippen LogP contribution in [0.3, 0.4) is 0 Å². The Balaban J connectivity index is 2.82. The molecule has 1 aromatic rings. The zero-order valence-electron chi connectivity index (χ0n) is 11.8. The topological polar surface area (TPSA) is 59.0 Å². The lowest BCUT2D eigenvalue weighted by Crippen LogP contribution is -2.35. The van der Waals surface area contributed by atoms with Crippen LogP contribution in [0.4, 0.5) is 0 Å². The minimum atomic E-state index is -0.266. The molecule has 0 unspecified atom stereocenters. The Labute approximate surface area is 124 Å². The number of benzene rings is 1. The smallest absolute Gasteiger partial charge is 0.257 e. The molecule has 0 fully saturated rings. The zero-order valence-corrected chi connectivity index (χ0v) is 12.5. The van der Waals surface area contributed by atoms with Crippen molar-refractivity contribution in [2.75, 3.05) is 40.5 Å². The predicted molar refractivity (Wildman–Crippen MR) is 77.4 cm³/mol. The Hall–Kier alpha value is -1.30. The van der Waals surface area contributed by atoms with Gasteiger partial charge in [0.2, 0.25) is 0 Å². The van der Waals surface area contributed by atoms with Gasteiger partial charge in [-0.1, -0.05) is 11.6 Å². The van der Waals surface area contributed by atoms with Crippen LogP contribution in [0.1, 0.15) is 16.8 Å². The number of amides is 1. The van der Waals surface area contributed by atoms with Gasteiger partial charge in [0.05, 0.1) is 12.2 Å². The van der Waals surface area contributed by atoms with E-state index in [4.69, 9.17) is 21.1 Å². The maximum atomic E-state index is 12.4. The number of halogens is 1. The molecule has 0 heterocycles. The molecule has 0 aliphatic rings. The van der Waals surface area contributed by atoms with Gasteiger partial charge in [-0.15, -0.1) is 0 Å². The number of phenolic OH excluding ortho intramolecular Hbond substituents is 1. The first-order valence-electron chi connectivity index (χ1n) is 6.35. The minimum absolute atomic E-state index is 0.0754. The Morgan fingerprint density at radius 2 is 1.95 bits per heavy atom. The number of carbonyl (C=O) groups is 1. The van der Waals surface area contributed by atoms with Gasteiger partial charge in [-0.3, -0.25) is 4.79 Å². The highest BCUT2D eigenvalue weighted by molar-refractivity contribution is 6.31. The lowest BCUT2D eigenvalue weighted by Gasteiger charge is -2.22. The van der Waals surface area contributed by atoms with Gasteiger partial charge in [-0.25, -0.2) is 0 Å². The molecule has 112 valence electrons. The number of carbonyl (C=O) groups excluding carboxylic acids is 1. The van der Waals surface area contributed by atoms with Crippen molar-refractivity contribution in [3.05, 3.63) is 28.8 Å². The summed E-state index contributed by atoms with van der Waals surface area (Å²) in [7, 11) is 3.19. The summed E-state index contributed by atoms with van der Waals surface area (Å²) in [6.45, 7) is 1.98. The van der Waals surface area contributed by atoms with Gasteiger partial charge >= 0.3 is 0 Å². The lowest BCUT2D eigenvalue weighted by atomic mass is 10.1. The van der Waals surface area contributed by atoms with Crippen molar-refractivity contribution in [2.45, 2.75) is 6.42 Å². The number of phenols is 1. The van der Waals surface area contributed by atoms with E-state index in [1.165, 1.54) is 18.2 Å². The number of methoxy groups -OCH3 is 2. The van der Waals surface area contributed by atoms with Gasteiger partial charge in [-0.05, 0) is 24.6 Å². The zero-order chi connectivity index (χ0) is 15.0. The average molecular weight is 302 g/mol. The lowest BCUT2D eigenvalue weighted by molar-refractivity contribution is 0.0671. The fourth-order valence-electron chi connectivity index (χ4n) is 1.77. The van der Waals surface area contributed by atoms with Crippen molar-refractivity contribution in [1.82, 2.24) is 4.90 Å². The fraction of sp³-hybridized carbons (Fsp3) is 0.500.